The fraction of sp³-hybridized carbons (Fsp3) is 0.407. The van der Waals surface area contributed by atoms with Gasteiger partial charge in [0.15, 0.2) is 5.82 Å². The first kappa shape index (κ1) is 21.2. The molecule has 174 valence electrons. The van der Waals surface area contributed by atoms with Gasteiger partial charge in [0, 0.05) is 60.7 Å². The molecular formula is C27H30N6O. The van der Waals surface area contributed by atoms with Crippen molar-refractivity contribution in [2.45, 2.75) is 50.7 Å². The van der Waals surface area contributed by atoms with Crippen LogP contribution in [0.1, 0.15) is 44.6 Å². The smallest absolute Gasteiger partial charge is 0.159 e. The van der Waals surface area contributed by atoms with Crippen LogP contribution in [0.2, 0.25) is 0 Å². The molecule has 0 amide bonds. The van der Waals surface area contributed by atoms with Gasteiger partial charge >= 0.3 is 0 Å². The van der Waals surface area contributed by atoms with E-state index in [0.29, 0.717) is 18.0 Å². The molecule has 34 heavy (non-hydrogen) atoms. The van der Waals surface area contributed by atoms with Crippen molar-refractivity contribution in [1.82, 2.24) is 29.5 Å². The van der Waals surface area contributed by atoms with Gasteiger partial charge in [0.25, 0.3) is 0 Å². The molecule has 3 aromatic heterocycles. The lowest BCUT2D eigenvalue weighted by Crippen LogP contribution is -2.24. The van der Waals surface area contributed by atoms with Gasteiger partial charge in [-0.05, 0) is 56.1 Å². The molecule has 0 N–H and O–H groups in total. The lowest BCUT2D eigenvalue weighted by molar-refractivity contribution is 0.0126. The van der Waals surface area contributed by atoms with Crippen molar-refractivity contribution in [3.8, 4) is 33.6 Å². The highest BCUT2D eigenvalue weighted by atomic mass is 16.5. The number of ether oxygens (including phenoxy) is 1. The highest BCUT2D eigenvalue weighted by Crippen LogP contribution is 2.34. The minimum Gasteiger partial charge on any atom is -0.378 e. The second-order valence-corrected chi connectivity index (χ2v) is 9.70. The Hall–Kier alpha value is -3.32. The number of nitrogens with zero attached hydrogens (tertiary/aromatic N) is 6. The molecule has 7 heteroatoms. The molecule has 2 saturated carbocycles. The summed E-state index contributed by atoms with van der Waals surface area (Å²) in [7, 11) is 1.92. The van der Waals surface area contributed by atoms with Crippen LogP contribution >= 0.6 is 0 Å². The molecule has 2 aliphatic rings. The minimum atomic E-state index is 0.435. The summed E-state index contributed by atoms with van der Waals surface area (Å²) >= 11 is 0. The summed E-state index contributed by atoms with van der Waals surface area (Å²) in [5.41, 5.74) is 5.22. The highest BCUT2D eigenvalue weighted by Gasteiger charge is 2.27. The predicted molar refractivity (Wildman–Crippen MR) is 131 cm³/mol. The third-order valence-electron chi connectivity index (χ3n) is 7.03. The monoisotopic (exact) mass is 454 g/mol. The van der Waals surface area contributed by atoms with Crippen LogP contribution in [0.5, 0.6) is 0 Å². The van der Waals surface area contributed by atoms with Crippen LogP contribution in [0.4, 0.5) is 0 Å². The zero-order chi connectivity index (χ0) is 22.9. The molecular weight excluding hydrogens is 424 g/mol. The summed E-state index contributed by atoms with van der Waals surface area (Å²) < 4.78 is 10.0. The van der Waals surface area contributed by atoms with Crippen molar-refractivity contribution in [3.63, 3.8) is 0 Å². The standard InChI is InChI=1S/C27H30N6O/c1-32-16-23(14-30-32)20-3-2-4-21(11-20)27-28-12-22(13-29-27)24-15-31-33(17-24)25-7-9-26(10-8-25)34-18-19-5-6-19/h2-4,11-17,19,25-26H,5-10,18H2,1H3/t25-,26-. The third-order valence-corrected chi connectivity index (χ3v) is 7.03. The minimum absolute atomic E-state index is 0.435. The zero-order valence-corrected chi connectivity index (χ0v) is 19.5. The van der Waals surface area contributed by atoms with E-state index in [1.165, 1.54) is 12.8 Å². The van der Waals surface area contributed by atoms with E-state index in [2.05, 4.69) is 43.2 Å². The van der Waals surface area contributed by atoms with Crippen LogP contribution in [0.25, 0.3) is 33.6 Å². The number of aryl methyl sites for hydroxylation is 1. The molecule has 4 aromatic rings. The Morgan fingerprint density at radius 3 is 2.26 bits per heavy atom. The summed E-state index contributed by atoms with van der Waals surface area (Å²) in [4.78, 5) is 9.30. The van der Waals surface area contributed by atoms with E-state index in [-0.39, 0.29) is 0 Å². The molecule has 0 atom stereocenters. The Balaban J connectivity index is 1.11. The molecule has 0 saturated heterocycles. The average molecular weight is 455 g/mol. The van der Waals surface area contributed by atoms with Crippen molar-refractivity contribution in [3.05, 3.63) is 61.4 Å². The van der Waals surface area contributed by atoms with E-state index in [4.69, 9.17) is 4.74 Å². The molecule has 1 aromatic carbocycles. The van der Waals surface area contributed by atoms with Gasteiger partial charge in [-0.1, -0.05) is 18.2 Å². The Labute approximate surface area is 199 Å². The van der Waals surface area contributed by atoms with E-state index >= 15 is 0 Å². The van der Waals surface area contributed by atoms with Gasteiger partial charge in [0.1, 0.15) is 0 Å². The maximum Gasteiger partial charge on any atom is 0.159 e. The maximum atomic E-state index is 6.10. The van der Waals surface area contributed by atoms with Gasteiger partial charge in [-0.2, -0.15) is 10.2 Å². The van der Waals surface area contributed by atoms with Gasteiger partial charge in [0.05, 0.1) is 24.5 Å². The molecule has 6 rings (SSSR count). The van der Waals surface area contributed by atoms with E-state index in [9.17, 15) is 0 Å². The lowest BCUT2D eigenvalue weighted by atomic mass is 9.93. The molecule has 0 spiro atoms. The Morgan fingerprint density at radius 2 is 1.53 bits per heavy atom. The number of rotatable bonds is 7. The number of benzene rings is 1. The second-order valence-electron chi connectivity index (χ2n) is 9.70. The van der Waals surface area contributed by atoms with Gasteiger partial charge in [-0.15, -0.1) is 0 Å². The van der Waals surface area contributed by atoms with E-state index in [1.54, 1.807) is 0 Å². The topological polar surface area (TPSA) is 70.7 Å². The molecule has 0 bridgehead atoms. The van der Waals surface area contributed by atoms with Crippen molar-refractivity contribution in [2.24, 2.45) is 13.0 Å². The lowest BCUT2D eigenvalue weighted by Gasteiger charge is -2.28. The second kappa shape index (κ2) is 9.14. The van der Waals surface area contributed by atoms with E-state index < -0.39 is 0 Å². The SMILES string of the molecule is Cn1cc(-c2cccc(-c3ncc(-c4cnn([C@H]5CC[C@H](OCC6CC6)CC5)c4)cn3)c2)cn1. The van der Waals surface area contributed by atoms with Crippen LogP contribution in [0.3, 0.4) is 0 Å². The quantitative estimate of drug-likeness (QED) is 0.378. The number of hydrogen-bond donors (Lipinski definition) is 0. The Bertz CT molecular complexity index is 1250. The van der Waals surface area contributed by atoms with Gasteiger partial charge in [0.2, 0.25) is 0 Å². The summed E-state index contributed by atoms with van der Waals surface area (Å²) in [5.74, 6) is 1.55. The van der Waals surface area contributed by atoms with Crippen LogP contribution in [-0.2, 0) is 11.8 Å². The van der Waals surface area contributed by atoms with Crippen molar-refractivity contribution in [2.75, 3.05) is 6.61 Å². The van der Waals surface area contributed by atoms with Gasteiger partial charge in [-0.3, -0.25) is 9.36 Å². The summed E-state index contributed by atoms with van der Waals surface area (Å²) in [5, 5.41) is 8.93. The molecule has 0 unspecified atom stereocenters. The first-order valence-corrected chi connectivity index (χ1v) is 12.3. The largest absolute Gasteiger partial charge is 0.378 e. The van der Waals surface area contributed by atoms with Crippen molar-refractivity contribution >= 4 is 0 Å². The van der Waals surface area contributed by atoms with Crippen molar-refractivity contribution in [1.29, 1.82) is 0 Å². The Kier molecular flexibility index (Phi) is 5.71. The Morgan fingerprint density at radius 1 is 0.794 bits per heavy atom. The first-order valence-electron chi connectivity index (χ1n) is 12.3. The molecule has 0 aliphatic heterocycles. The number of aromatic nitrogens is 6. The molecule has 2 fully saturated rings. The maximum absolute atomic E-state index is 6.10. The molecule has 7 nitrogen and oxygen atoms in total. The van der Waals surface area contributed by atoms with Crippen LogP contribution in [0.15, 0.2) is 61.4 Å². The average Bonchev–Trinajstić information content (AvgIpc) is 3.40. The van der Waals surface area contributed by atoms with E-state index in [0.717, 1.165) is 66.0 Å². The number of hydrogen-bond acceptors (Lipinski definition) is 5. The highest BCUT2D eigenvalue weighted by molar-refractivity contribution is 5.70. The summed E-state index contributed by atoms with van der Waals surface area (Å²) in [6.07, 6.45) is 19.4. The summed E-state index contributed by atoms with van der Waals surface area (Å²) in [6.45, 7) is 0.963. The zero-order valence-electron chi connectivity index (χ0n) is 19.5. The van der Waals surface area contributed by atoms with Crippen molar-refractivity contribution < 1.29 is 4.74 Å². The van der Waals surface area contributed by atoms with Crippen LogP contribution in [0, 0.1) is 5.92 Å². The fourth-order valence-electron chi connectivity index (χ4n) is 4.75. The molecule has 0 radical (unpaired) electrons. The van der Waals surface area contributed by atoms with Crippen LogP contribution in [-0.4, -0.2) is 42.2 Å². The predicted octanol–water partition coefficient (Wildman–Crippen LogP) is 5.32. The van der Waals surface area contributed by atoms with E-state index in [1.807, 2.05) is 54.8 Å². The third kappa shape index (κ3) is 4.66. The van der Waals surface area contributed by atoms with Gasteiger partial charge < -0.3 is 4.74 Å². The van der Waals surface area contributed by atoms with Crippen LogP contribution < -0.4 is 0 Å². The first-order chi connectivity index (χ1) is 16.7. The normalized spacial score (nSPS) is 20.5. The molecule has 2 aliphatic carbocycles. The summed E-state index contributed by atoms with van der Waals surface area (Å²) in [6, 6.07) is 8.71. The van der Waals surface area contributed by atoms with Gasteiger partial charge in [-0.25, -0.2) is 9.97 Å². The fourth-order valence-corrected chi connectivity index (χ4v) is 4.75. The molecule has 3 heterocycles.